The molecule has 2 aromatic rings. The summed E-state index contributed by atoms with van der Waals surface area (Å²) in [6.07, 6.45) is 0. The lowest BCUT2D eigenvalue weighted by atomic mass is 10.1. The number of rotatable bonds is 2. The summed E-state index contributed by atoms with van der Waals surface area (Å²) in [6, 6.07) is 11.9. The number of hydrogen-bond donors (Lipinski definition) is 1. The minimum Gasteiger partial charge on any atom is -0.350 e. The number of amides is 1. The van der Waals surface area contributed by atoms with E-state index in [0.29, 0.717) is 5.56 Å². The van der Waals surface area contributed by atoms with Gasteiger partial charge in [0.15, 0.2) is 0 Å². The van der Waals surface area contributed by atoms with Crippen molar-refractivity contribution in [3.63, 3.8) is 0 Å². The van der Waals surface area contributed by atoms with Crippen LogP contribution in [0.2, 0.25) is 0 Å². The number of benzene rings is 2. The predicted molar refractivity (Wildman–Crippen MR) is 74.3 cm³/mol. The highest BCUT2D eigenvalue weighted by molar-refractivity contribution is 9.10. The largest absolute Gasteiger partial charge is 0.350 e. The Morgan fingerprint density at radius 1 is 1.24 bits per heavy atom. The van der Waals surface area contributed by atoms with Crippen LogP contribution in [0.3, 0.4) is 0 Å². The van der Waals surface area contributed by atoms with Gasteiger partial charge in [-0.3, -0.25) is 4.79 Å². The van der Waals surface area contributed by atoms with E-state index in [4.69, 9.17) is 0 Å². The molecular formula is C14H14BrNO. The summed E-state index contributed by atoms with van der Waals surface area (Å²) in [5.74, 6) is -0.0260. The zero-order valence-electron chi connectivity index (χ0n) is 9.83. The maximum absolute atomic E-state index is 11.9. The van der Waals surface area contributed by atoms with Crippen LogP contribution in [0.5, 0.6) is 0 Å². The third kappa shape index (κ3) is 2.67. The van der Waals surface area contributed by atoms with Crippen LogP contribution < -0.4 is 5.32 Å². The standard InChI is InChI=1S/C14H14BrNO/c1-9(2)16-14(17)11-6-7-12-10(8-11)4-3-5-13(12)15/h3-9H,1-2H3,(H,16,17). The second-order valence-electron chi connectivity index (χ2n) is 4.30. The molecule has 0 fully saturated rings. The fourth-order valence-corrected chi connectivity index (χ4v) is 2.24. The Labute approximate surface area is 109 Å². The molecule has 0 unspecified atom stereocenters. The van der Waals surface area contributed by atoms with Crippen LogP contribution in [0, 0.1) is 0 Å². The molecule has 17 heavy (non-hydrogen) atoms. The van der Waals surface area contributed by atoms with E-state index < -0.39 is 0 Å². The molecule has 88 valence electrons. The molecule has 0 saturated heterocycles. The first-order valence-corrected chi connectivity index (χ1v) is 6.36. The quantitative estimate of drug-likeness (QED) is 0.897. The maximum Gasteiger partial charge on any atom is 0.251 e. The van der Waals surface area contributed by atoms with E-state index in [-0.39, 0.29) is 11.9 Å². The van der Waals surface area contributed by atoms with Gasteiger partial charge in [0.05, 0.1) is 0 Å². The van der Waals surface area contributed by atoms with Crippen molar-refractivity contribution in [1.82, 2.24) is 5.32 Å². The number of carbonyl (C=O) groups is 1. The lowest BCUT2D eigenvalue weighted by molar-refractivity contribution is 0.0943. The van der Waals surface area contributed by atoms with Gasteiger partial charge in [-0.25, -0.2) is 0 Å². The predicted octanol–water partition coefficient (Wildman–Crippen LogP) is 3.74. The first-order chi connectivity index (χ1) is 8.08. The summed E-state index contributed by atoms with van der Waals surface area (Å²) in [5, 5.41) is 5.07. The Balaban J connectivity index is 2.42. The Morgan fingerprint density at radius 2 is 2.00 bits per heavy atom. The number of hydrogen-bond acceptors (Lipinski definition) is 1. The smallest absolute Gasteiger partial charge is 0.251 e. The SMILES string of the molecule is CC(C)NC(=O)c1ccc2c(Br)cccc2c1. The first kappa shape index (κ1) is 12.1. The zero-order valence-corrected chi connectivity index (χ0v) is 11.4. The number of nitrogens with one attached hydrogen (secondary N) is 1. The Hall–Kier alpha value is -1.35. The normalized spacial score (nSPS) is 10.8. The third-order valence-corrected chi connectivity index (χ3v) is 3.20. The van der Waals surface area contributed by atoms with Gasteiger partial charge in [-0.2, -0.15) is 0 Å². The summed E-state index contributed by atoms with van der Waals surface area (Å²) < 4.78 is 1.05. The second kappa shape index (κ2) is 4.88. The van der Waals surface area contributed by atoms with Crippen molar-refractivity contribution in [2.24, 2.45) is 0 Å². The first-order valence-electron chi connectivity index (χ1n) is 5.57. The van der Waals surface area contributed by atoms with Crippen molar-refractivity contribution >= 4 is 32.6 Å². The highest BCUT2D eigenvalue weighted by Crippen LogP contribution is 2.24. The maximum atomic E-state index is 11.9. The van der Waals surface area contributed by atoms with E-state index >= 15 is 0 Å². The molecule has 2 rings (SSSR count). The van der Waals surface area contributed by atoms with Gasteiger partial charge in [-0.15, -0.1) is 0 Å². The molecule has 1 amide bonds. The van der Waals surface area contributed by atoms with Gasteiger partial charge in [0, 0.05) is 16.1 Å². The molecule has 0 aliphatic carbocycles. The Bertz CT molecular complexity index is 563. The van der Waals surface area contributed by atoms with Crippen molar-refractivity contribution in [2.75, 3.05) is 0 Å². The molecule has 0 saturated carbocycles. The average Bonchev–Trinajstić information content (AvgIpc) is 2.28. The molecule has 0 spiro atoms. The molecule has 0 radical (unpaired) electrons. The van der Waals surface area contributed by atoms with E-state index in [1.807, 2.05) is 50.2 Å². The fourth-order valence-electron chi connectivity index (χ4n) is 1.73. The van der Waals surface area contributed by atoms with Gasteiger partial charge in [0.1, 0.15) is 0 Å². The fraction of sp³-hybridized carbons (Fsp3) is 0.214. The summed E-state index contributed by atoms with van der Waals surface area (Å²) in [7, 11) is 0. The van der Waals surface area contributed by atoms with Crippen LogP contribution in [-0.2, 0) is 0 Å². The van der Waals surface area contributed by atoms with Crippen molar-refractivity contribution in [1.29, 1.82) is 0 Å². The average molecular weight is 292 g/mol. The summed E-state index contributed by atoms with van der Waals surface area (Å²) in [4.78, 5) is 11.9. The molecule has 3 heteroatoms. The van der Waals surface area contributed by atoms with Crippen molar-refractivity contribution in [3.05, 3.63) is 46.4 Å². The van der Waals surface area contributed by atoms with Crippen LogP contribution in [0.25, 0.3) is 10.8 Å². The van der Waals surface area contributed by atoms with Gasteiger partial charge >= 0.3 is 0 Å². The minimum atomic E-state index is -0.0260. The molecule has 0 aromatic heterocycles. The minimum absolute atomic E-state index is 0.0260. The van der Waals surface area contributed by atoms with Crippen LogP contribution in [0.15, 0.2) is 40.9 Å². The third-order valence-electron chi connectivity index (χ3n) is 2.51. The van der Waals surface area contributed by atoms with E-state index in [9.17, 15) is 4.79 Å². The van der Waals surface area contributed by atoms with Gasteiger partial charge in [-0.05, 0) is 42.8 Å². The number of carbonyl (C=O) groups excluding carboxylic acids is 1. The highest BCUT2D eigenvalue weighted by Gasteiger charge is 2.08. The van der Waals surface area contributed by atoms with Crippen molar-refractivity contribution < 1.29 is 4.79 Å². The molecule has 0 aliphatic rings. The molecule has 2 nitrogen and oxygen atoms in total. The lowest BCUT2D eigenvalue weighted by Crippen LogP contribution is -2.29. The molecule has 0 heterocycles. The van der Waals surface area contributed by atoms with Gasteiger partial charge < -0.3 is 5.32 Å². The monoisotopic (exact) mass is 291 g/mol. The molecular weight excluding hydrogens is 278 g/mol. The van der Waals surface area contributed by atoms with E-state index in [1.165, 1.54) is 0 Å². The Kier molecular flexibility index (Phi) is 3.48. The van der Waals surface area contributed by atoms with Crippen molar-refractivity contribution in [2.45, 2.75) is 19.9 Å². The number of fused-ring (bicyclic) bond motifs is 1. The molecule has 0 atom stereocenters. The van der Waals surface area contributed by atoms with Crippen molar-refractivity contribution in [3.8, 4) is 0 Å². The molecule has 0 bridgehead atoms. The summed E-state index contributed by atoms with van der Waals surface area (Å²) in [5.41, 5.74) is 0.698. The second-order valence-corrected chi connectivity index (χ2v) is 5.16. The van der Waals surface area contributed by atoms with Gasteiger partial charge in [-0.1, -0.05) is 34.1 Å². The molecule has 1 N–H and O–H groups in total. The van der Waals surface area contributed by atoms with E-state index in [2.05, 4.69) is 21.2 Å². The lowest BCUT2D eigenvalue weighted by Gasteiger charge is -2.09. The van der Waals surface area contributed by atoms with Crippen LogP contribution in [0.1, 0.15) is 24.2 Å². The van der Waals surface area contributed by atoms with Crippen LogP contribution in [0.4, 0.5) is 0 Å². The molecule has 0 aliphatic heterocycles. The molecule has 2 aromatic carbocycles. The van der Waals surface area contributed by atoms with Gasteiger partial charge in [0.2, 0.25) is 0 Å². The summed E-state index contributed by atoms with van der Waals surface area (Å²) >= 11 is 3.50. The van der Waals surface area contributed by atoms with E-state index in [1.54, 1.807) is 0 Å². The summed E-state index contributed by atoms with van der Waals surface area (Å²) in [6.45, 7) is 3.91. The number of halogens is 1. The van der Waals surface area contributed by atoms with Crippen LogP contribution in [-0.4, -0.2) is 11.9 Å². The topological polar surface area (TPSA) is 29.1 Å². The van der Waals surface area contributed by atoms with Crippen LogP contribution >= 0.6 is 15.9 Å². The highest BCUT2D eigenvalue weighted by atomic mass is 79.9. The van der Waals surface area contributed by atoms with Gasteiger partial charge in [0.25, 0.3) is 5.91 Å². The van der Waals surface area contributed by atoms with E-state index in [0.717, 1.165) is 15.2 Å². The Morgan fingerprint density at radius 3 is 2.71 bits per heavy atom. The zero-order chi connectivity index (χ0) is 12.4.